The molecule has 1 rings (SSSR count). The summed E-state index contributed by atoms with van der Waals surface area (Å²) in [5.41, 5.74) is 0. The van der Waals surface area contributed by atoms with Gasteiger partial charge in [-0.15, -0.1) is 0 Å². The summed E-state index contributed by atoms with van der Waals surface area (Å²) in [4.78, 5) is 10.5. The highest BCUT2D eigenvalue weighted by molar-refractivity contribution is 6.30. The molecule has 5 heteroatoms. The topological polar surface area (TPSA) is 41.0 Å². The van der Waals surface area contributed by atoms with Crippen LogP contribution in [0.3, 0.4) is 0 Å². The SMILES string of the molecule is CCN(CCNC(C)C)c1ncc(Cl)cn1. The molecular formula is C11H19ClN4. The van der Waals surface area contributed by atoms with Crippen molar-refractivity contribution in [1.82, 2.24) is 15.3 Å². The number of nitrogens with zero attached hydrogens (tertiary/aromatic N) is 3. The summed E-state index contributed by atoms with van der Waals surface area (Å²) in [6, 6.07) is 0.504. The molecule has 0 bridgehead atoms. The van der Waals surface area contributed by atoms with Crippen molar-refractivity contribution >= 4 is 17.5 Å². The van der Waals surface area contributed by atoms with Crippen molar-refractivity contribution in [3.63, 3.8) is 0 Å². The molecular weight excluding hydrogens is 224 g/mol. The molecule has 16 heavy (non-hydrogen) atoms. The van der Waals surface area contributed by atoms with E-state index in [-0.39, 0.29) is 0 Å². The van der Waals surface area contributed by atoms with Crippen molar-refractivity contribution in [2.24, 2.45) is 0 Å². The van der Waals surface area contributed by atoms with E-state index in [1.54, 1.807) is 12.4 Å². The predicted octanol–water partition coefficient (Wildman–Crippen LogP) is 1.95. The van der Waals surface area contributed by atoms with Crippen molar-refractivity contribution in [3.8, 4) is 0 Å². The standard InChI is InChI=1S/C11H19ClN4/c1-4-16(6-5-13-9(2)3)11-14-7-10(12)8-15-11/h7-9,13H,4-6H2,1-3H3. The fourth-order valence-electron chi connectivity index (χ4n) is 1.36. The Balaban J connectivity index is 2.50. The van der Waals surface area contributed by atoms with Gasteiger partial charge in [-0.25, -0.2) is 9.97 Å². The zero-order chi connectivity index (χ0) is 12.0. The molecule has 0 amide bonds. The van der Waals surface area contributed by atoms with Crippen molar-refractivity contribution in [1.29, 1.82) is 0 Å². The lowest BCUT2D eigenvalue weighted by Gasteiger charge is -2.21. The maximum absolute atomic E-state index is 5.75. The van der Waals surface area contributed by atoms with Gasteiger partial charge in [-0.3, -0.25) is 0 Å². The van der Waals surface area contributed by atoms with Crippen LogP contribution in [0.15, 0.2) is 12.4 Å². The van der Waals surface area contributed by atoms with Crippen LogP contribution in [-0.4, -0.2) is 35.6 Å². The summed E-state index contributed by atoms with van der Waals surface area (Å²) in [6.45, 7) is 9.08. The van der Waals surface area contributed by atoms with Gasteiger partial charge in [-0.05, 0) is 6.92 Å². The van der Waals surface area contributed by atoms with Gasteiger partial charge >= 0.3 is 0 Å². The molecule has 0 aromatic carbocycles. The van der Waals surface area contributed by atoms with Gasteiger partial charge in [0.25, 0.3) is 0 Å². The van der Waals surface area contributed by atoms with Crippen LogP contribution in [0, 0.1) is 0 Å². The van der Waals surface area contributed by atoms with Crippen LogP contribution in [-0.2, 0) is 0 Å². The van der Waals surface area contributed by atoms with E-state index in [1.807, 2.05) is 0 Å². The number of nitrogens with one attached hydrogen (secondary N) is 1. The summed E-state index contributed by atoms with van der Waals surface area (Å²) in [7, 11) is 0. The average molecular weight is 243 g/mol. The number of aromatic nitrogens is 2. The Labute approximate surface area is 102 Å². The van der Waals surface area contributed by atoms with E-state index in [1.165, 1.54) is 0 Å². The second-order valence-corrected chi connectivity index (χ2v) is 4.33. The van der Waals surface area contributed by atoms with Gasteiger partial charge < -0.3 is 10.2 Å². The van der Waals surface area contributed by atoms with Crippen LogP contribution in [0.5, 0.6) is 0 Å². The highest BCUT2D eigenvalue weighted by atomic mass is 35.5. The van der Waals surface area contributed by atoms with Crippen LogP contribution in [0.25, 0.3) is 0 Å². The van der Waals surface area contributed by atoms with Gasteiger partial charge in [0.15, 0.2) is 0 Å². The smallest absolute Gasteiger partial charge is 0.225 e. The maximum Gasteiger partial charge on any atom is 0.225 e. The quantitative estimate of drug-likeness (QED) is 0.828. The number of halogens is 1. The molecule has 1 heterocycles. The van der Waals surface area contributed by atoms with E-state index >= 15 is 0 Å². The summed E-state index contributed by atoms with van der Waals surface area (Å²) in [5, 5.41) is 3.94. The Hall–Kier alpha value is -0.870. The number of rotatable bonds is 6. The molecule has 0 aliphatic rings. The molecule has 0 spiro atoms. The number of anilines is 1. The minimum Gasteiger partial charge on any atom is -0.340 e. The fraction of sp³-hybridized carbons (Fsp3) is 0.636. The highest BCUT2D eigenvalue weighted by Crippen LogP contribution is 2.09. The first kappa shape index (κ1) is 13.2. The maximum atomic E-state index is 5.75. The van der Waals surface area contributed by atoms with Crippen LogP contribution in [0.4, 0.5) is 5.95 Å². The van der Waals surface area contributed by atoms with Crippen molar-refractivity contribution in [2.75, 3.05) is 24.5 Å². The highest BCUT2D eigenvalue weighted by Gasteiger charge is 2.06. The third kappa shape index (κ3) is 4.33. The molecule has 0 fully saturated rings. The summed E-state index contributed by atoms with van der Waals surface area (Å²) < 4.78 is 0. The molecule has 0 saturated carbocycles. The van der Waals surface area contributed by atoms with Crippen LogP contribution < -0.4 is 10.2 Å². The summed E-state index contributed by atoms with van der Waals surface area (Å²) in [6.07, 6.45) is 3.25. The first-order chi connectivity index (χ1) is 7.63. The third-order valence-corrected chi connectivity index (χ3v) is 2.40. The summed E-state index contributed by atoms with van der Waals surface area (Å²) in [5.74, 6) is 0.734. The number of likely N-dealkylation sites (N-methyl/N-ethyl adjacent to an activating group) is 1. The zero-order valence-corrected chi connectivity index (χ0v) is 10.8. The first-order valence-electron chi connectivity index (χ1n) is 5.59. The predicted molar refractivity (Wildman–Crippen MR) is 68.1 cm³/mol. The molecule has 90 valence electrons. The molecule has 0 atom stereocenters. The average Bonchev–Trinajstić information content (AvgIpc) is 2.26. The first-order valence-corrected chi connectivity index (χ1v) is 5.97. The monoisotopic (exact) mass is 242 g/mol. The minimum atomic E-state index is 0.504. The van der Waals surface area contributed by atoms with Crippen molar-refractivity contribution in [2.45, 2.75) is 26.8 Å². The lowest BCUT2D eigenvalue weighted by Crippen LogP contribution is -2.35. The van der Waals surface area contributed by atoms with Crippen LogP contribution >= 0.6 is 11.6 Å². The largest absolute Gasteiger partial charge is 0.340 e. The molecule has 0 radical (unpaired) electrons. The Kier molecular flexibility index (Phi) is 5.49. The lowest BCUT2D eigenvalue weighted by atomic mass is 10.4. The third-order valence-electron chi connectivity index (χ3n) is 2.21. The number of hydrogen-bond donors (Lipinski definition) is 1. The Bertz CT molecular complexity index is 299. The van der Waals surface area contributed by atoms with Crippen molar-refractivity contribution < 1.29 is 0 Å². The Morgan fingerprint density at radius 3 is 2.50 bits per heavy atom. The molecule has 0 saturated heterocycles. The van der Waals surface area contributed by atoms with E-state index in [9.17, 15) is 0 Å². The van der Waals surface area contributed by atoms with Gasteiger partial charge in [0.2, 0.25) is 5.95 Å². The van der Waals surface area contributed by atoms with Gasteiger partial charge in [-0.1, -0.05) is 25.4 Å². The molecule has 0 aliphatic carbocycles. The van der Waals surface area contributed by atoms with Gasteiger partial charge in [0, 0.05) is 25.7 Å². The second-order valence-electron chi connectivity index (χ2n) is 3.89. The lowest BCUT2D eigenvalue weighted by molar-refractivity contribution is 0.580. The van der Waals surface area contributed by atoms with E-state index in [2.05, 4.69) is 41.0 Å². The van der Waals surface area contributed by atoms with E-state index in [0.717, 1.165) is 25.6 Å². The molecule has 0 aliphatic heterocycles. The van der Waals surface area contributed by atoms with Crippen LogP contribution in [0.2, 0.25) is 5.02 Å². The van der Waals surface area contributed by atoms with Crippen molar-refractivity contribution in [3.05, 3.63) is 17.4 Å². The Morgan fingerprint density at radius 1 is 1.38 bits per heavy atom. The van der Waals surface area contributed by atoms with E-state index < -0.39 is 0 Å². The minimum absolute atomic E-state index is 0.504. The van der Waals surface area contributed by atoms with E-state index in [0.29, 0.717) is 11.1 Å². The summed E-state index contributed by atoms with van der Waals surface area (Å²) >= 11 is 5.75. The number of hydrogen-bond acceptors (Lipinski definition) is 4. The van der Waals surface area contributed by atoms with Crippen LogP contribution in [0.1, 0.15) is 20.8 Å². The Morgan fingerprint density at radius 2 is 2.00 bits per heavy atom. The second kappa shape index (κ2) is 6.66. The van der Waals surface area contributed by atoms with Gasteiger partial charge in [0.1, 0.15) is 0 Å². The van der Waals surface area contributed by atoms with Gasteiger partial charge in [-0.2, -0.15) is 0 Å². The molecule has 1 N–H and O–H groups in total. The molecule has 1 aromatic rings. The zero-order valence-electron chi connectivity index (χ0n) is 10.1. The van der Waals surface area contributed by atoms with E-state index in [4.69, 9.17) is 11.6 Å². The fourth-order valence-corrected chi connectivity index (χ4v) is 1.45. The normalized spacial score (nSPS) is 10.8. The van der Waals surface area contributed by atoms with Gasteiger partial charge in [0.05, 0.1) is 17.4 Å². The molecule has 0 unspecified atom stereocenters. The molecule has 4 nitrogen and oxygen atoms in total. The molecule has 1 aromatic heterocycles.